The number of anilines is 1. The van der Waals surface area contributed by atoms with Gasteiger partial charge in [0.2, 0.25) is 5.91 Å². The lowest BCUT2D eigenvalue weighted by Gasteiger charge is -2.34. The minimum atomic E-state index is -4.50. The van der Waals surface area contributed by atoms with E-state index in [4.69, 9.17) is 16.7 Å². The predicted molar refractivity (Wildman–Crippen MR) is 89.1 cm³/mol. The fourth-order valence-electron chi connectivity index (χ4n) is 2.84. The average molecular weight is 394 g/mol. The zero-order valence-corrected chi connectivity index (χ0v) is 14.8. The number of hydrogen-bond donors (Lipinski definition) is 1. The molecule has 1 aliphatic rings. The van der Waals surface area contributed by atoms with E-state index in [1.807, 2.05) is 0 Å². The number of hydrogen-bond acceptors (Lipinski definition) is 4. The van der Waals surface area contributed by atoms with Crippen molar-refractivity contribution in [2.75, 3.05) is 31.6 Å². The van der Waals surface area contributed by atoms with Gasteiger partial charge in [0, 0.05) is 38.8 Å². The highest BCUT2D eigenvalue weighted by molar-refractivity contribution is 6.33. The number of amides is 1. The Balaban J connectivity index is 1.96. The zero-order valence-electron chi connectivity index (χ0n) is 14.1. The number of aromatic nitrogens is 1. The molecule has 0 atom stereocenters. The molecule has 2 rings (SSSR count). The molecule has 0 bridgehead atoms. The van der Waals surface area contributed by atoms with Gasteiger partial charge in [-0.15, -0.1) is 0 Å². The molecule has 1 fully saturated rings. The average Bonchev–Trinajstić information content (AvgIpc) is 2.58. The van der Waals surface area contributed by atoms with Crippen LogP contribution in [0.3, 0.4) is 0 Å². The summed E-state index contributed by atoms with van der Waals surface area (Å²) in [6.07, 6.45) is -2.88. The van der Waals surface area contributed by atoms with Crippen LogP contribution in [-0.2, 0) is 15.8 Å². The molecule has 1 N–H and O–H groups in total. The van der Waals surface area contributed by atoms with E-state index in [0.29, 0.717) is 25.9 Å². The van der Waals surface area contributed by atoms with Crippen molar-refractivity contribution in [2.45, 2.75) is 25.4 Å². The third-order valence-electron chi connectivity index (χ3n) is 4.33. The maximum absolute atomic E-state index is 12.7. The van der Waals surface area contributed by atoms with Gasteiger partial charge in [0.1, 0.15) is 5.82 Å². The number of aliphatic carboxylic acids is 1. The first-order valence-electron chi connectivity index (χ1n) is 8.04. The van der Waals surface area contributed by atoms with Crippen LogP contribution in [-0.4, -0.2) is 53.5 Å². The van der Waals surface area contributed by atoms with Gasteiger partial charge in [-0.05, 0) is 18.9 Å². The van der Waals surface area contributed by atoms with Crippen molar-refractivity contribution in [3.63, 3.8) is 0 Å². The van der Waals surface area contributed by atoms with Crippen molar-refractivity contribution < 1.29 is 27.9 Å². The van der Waals surface area contributed by atoms with Crippen LogP contribution in [0, 0.1) is 5.92 Å². The lowest BCUT2D eigenvalue weighted by atomic mass is 9.95. The Bertz CT molecular complexity index is 676. The minimum Gasteiger partial charge on any atom is -0.481 e. The number of halogens is 4. The van der Waals surface area contributed by atoms with Crippen LogP contribution in [0.1, 0.15) is 24.8 Å². The number of rotatable bonds is 5. The Morgan fingerprint density at radius 2 is 2.00 bits per heavy atom. The van der Waals surface area contributed by atoms with Crippen LogP contribution in [0.5, 0.6) is 0 Å². The van der Waals surface area contributed by atoms with Gasteiger partial charge in [0.25, 0.3) is 0 Å². The number of carbonyl (C=O) groups is 2. The topological polar surface area (TPSA) is 73.7 Å². The number of carboxylic acids is 1. The maximum atomic E-state index is 12.7. The highest BCUT2D eigenvalue weighted by Crippen LogP contribution is 2.34. The van der Waals surface area contributed by atoms with Gasteiger partial charge >= 0.3 is 12.1 Å². The van der Waals surface area contributed by atoms with Crippen LogP contribution in [0.25, 0.3) is 0 Å². The molecule has 144 valence electrons. The molecule has 10 heteroatoms. The molecule has 0 spiro atoms. The summed E-state index contributed by atoms with van der Waals surface area (Å²) in [5.74, 6) is -1.08. The maximum Gasteiger partial charge on any atom is 0.417 e. The fourth-order valence-corrected chi connectivity index (χ4v) is 3.13. The molecular formula is C16H19ClF3N3O3. The second kappa shape index (κ2) is 8.11. The quantitative estimate of drug-likeness (QED) is 0.832. The summed E-state index contributed by atoms with van der Waals surface area (Å²) in [7, 11) is 1.56. The predicted octanol–water partition coefficient (Wildman–Crippen LogP) is 2.90. The van der Waals surface area contributed by atoms with Gasteiger partial charge < -0.3 is 14.9 Å². The van der Waals surface area contributed by atoms with Gasteiger partial charge in [-0.2, -0.15) is 13.2 Å². The number of carbonyl (C=O) groups excluding carboxylic acids is 1. The molecule has 2 heterocycles. The smallest absolute Gasteiger partial charge is 0.417 e. The molecule has 0 radical (unpaired) electrons. The third kappa shape index (κ3) is 5.00. The van der Waals surface area contributed by atoms with Crippen LogP contribution in [0.15, 0.2) is 12.3 Å². The van der Waals surface area contributed by atoms with Gasteiger partial charge in [-0.3, -0.25) is 9.59 Å². The van der Waals surface area contributed by atoms with E-state index in [-0.39, 0.29) is 35.6 Å². The van der Waals surface area contributed by atoms with Crippen molar-refractivity contribution in [1.29, 1.82) is 0 Å². The summed E-state index contributed by atoms with van der Waals surface area (Å²) in [6, 6.07) is 0.848. The summed E-state index contributed by atoms with van der Waals surface area (Å²) < 4.78 is 38.0. The van der Waals surface area contributed by atoms with E-state index in [0.717, 1.165) is 12.3 Å². The summed E-state index contributed by atoms with van der Waals surface area (Å²) in [5.41, 5.74) is -0.906. The van der Waals surface area contributed by atoms with Gasteiger partial charge in [0.05, 0.1) is 17.0 Å². The molecule has 1 saturated heterocycles. The minimum absolute atomic E-state index is 0.0804. The van der Waals surface area contributed by atoms with E-state index < -0.39 is 17.7 Å². The fraction of sp³-hybridized carbons (Fsp3) is 0.562. The molecular weight excluding hydrogens is 375 g/mol. The van der Waals surface area contributed by atoms with E-state index in [2.05, 4.69) is 4.98 Å². The number of pyridine rings is 1. The monoisotopic (exact) mass is 393 g/mol. The zero-order chi connectivity index (χ0) is 19.5. The van der Waals surface area contributed by atoms with Gasteiger partial charge in [-0.1, -0.05) is 11.6 Å². The van der Waals surface area contributed by atoms with Crippen molar-refractivity contribution >= 4 is 29.3 Å². The van der Waals surface area contributed by atoms with Crippen molar-refractivity contribution in [1.82, 2.24) is 9.88 Å². The third-order valence-corrected chi connectivity index (χ3v) is 4.61. The van der Waals surface area contributed by atoms with Crippen LogP contribution in [0.4, 0.5) is 19.0 Å². The summed E-state index contributed by atoms with van der Waals surface area (Å²) in [5, 5.41) is 8.60. The Hall–Kier alpha value is -2.03. The summed E-state index contributed by atoms with van der Waals surface area (Å²) in [6.45, 7) is 1.00. The molecule has 1 aromatic rings. The number of nitrogens with zero attached hydrogens (tertiary/aromatic N) is 3. The Morgan fingerprint density at radius 1 is 1.38 bits per heavy atom. The van der Waals surface area contributed by atoms with Gasteiger partial charge in [-0.25, -0.2) is 4.98 Å². The van der Waals surface area contributed by atoms with E-state index in [9.17, 15) is 22.8 Å². The second-order valence-electron chi connectivity index (χ2n) is 6.19. The van der Waals surface area contributed by atoms with Gasteiger partial charge in [0.15, 0.2) is 0 Å². The molecule has 26 heavy (non-hydrogen) atoms. The number of carboxylic acid groups (broad SMARTS) is 1. The standard InChI is InChI=1S/C16H19ClF3N3O3/c1-22(5-4-13(24)25)15(26)10-2-6-23(7-3-10)14-12(17)8-11(9-21-14)16(18,19)20/h8-10H,2-7H2,1H3,(H,24,25). The van der Waals surface area contributed by atoms with E-state index >= 15 is 0 Å². The summed E-state index contributed by atoms with van der Waals surface area (Å²) >= 11 is 5.95. The Morgan fingerprint density at radius 3 is 2.50 bits per heavy atom. The molecule has 0 aromatic carbocycles. The number of piperidine rings is 1. The highest BCUT2D eigenvalue weighted by atomic mass is 35.5. The molecule has 0 aliphatic carbocycles. The van der Waals surface area contributed by atoms with Crippen LogP contribution in [0.2, 0.25) is 5.02 Å². The molecule has 1 amide bonds. The molecule has 0 saturated carbocycles. The lowest BCUT2D eigenvalue weighted by Crippen LogP contribution is -2.42. The largest absolute Gasteiger partial charge is 0.481 e. The Kier molecular flexibility index (Phi) is 6.33. The van der Waals surface area contributed by atoms with E-state index in [1.165, 1.54) is 4.90 Å². The van der Waals surface area contributed by atoms with Crippen LogP contribution >= 0.6 is 11.6 Å². The first-order chi connectivity index (χ1) is 12.1. The SMILES string of the molecule is CN(CCC(=O)O)C(=O)C1CCN(c2ncc(C(F)(F)F)cc2Cl)CC1. The molecule has 0 unspecified atom stereocenters. The molecule has 6 nitrogen and oxygen atoms in total. The molecule has 1 aromatic heterocycles. The second-order valence-corrected chi connectivity index (χ2v) is 6.60. The first-order valence-corrected chi connectivity index (χ1v) is 8.42. The van der Waals surface area contributed by atoms with Crippen molar-refractivity contribution in [3.05, 3.63) is 22.8 Å². The first kappa shape index (κ1) is 20.3. The Labute approximate surface area is 153 Å². The van der Waals surface area contributed by atoms with Crippen molar-refractivity contribution in [3.8, 4) is 0 Å². The van der Waals surface area contributed by atoms with E-state index in [1.54, 1.807) is 11.9 Å². The number of alkyl halides is 3. The lowest BCUT2D eigenvalue weighted by molar-refractivity contribution is -0.140. The normalized spacial score (nSPS) is 15.8. The molecule has 1 aliphatic heterocycles. The summed E-state index contributed by atoms with van der Waals surface area (Å²) in [4.78, 5) is 29.9. The van der Waals surface area contributed by atoms with Crippen LogP contribution < -0.4 is 4.90 Å². The highest BCUT2D eigenvalue weighted by Gasteiger charge is 2.33. The van der Waals surface area contributed by atoms with Crippen molar-refractivity contribution in [2.24, 2.45) is 5.92 Å².